The highest BCUT2D eigenvalue weighted by molar-refractivity contribution is 5.85. The molecule has 19 heavy (non-hydrogen) atoms. The van der Waals surface area contributed by atoms with Gasteiger partial charge in [-0.15, -0.1) is 0 Å². The first-order valence-electron chi connectivity index (χ1n) is 6.33. The maximum atomic E-state index is 13.8. The number of carbonyl (C=O) groups is 2. The molecule has 2 fully saturated rings. The molecule has 2 aliphatic heterocycles. The highest BCUT2D eigenvalue weighted by atomic mass is 19.3. The molecule has 0 bridgehead atoms. The van der Waals surface area contributed by atoms with E-state index in [0.717, 1.165) is 0 Å². The van der Waals surface area contributed by atoms with E-state index in [1.165, 1.54) is 9.80 Å². The monoisotopic (exact) mass is 275 g/mol. The van der Waals surface area contributed by atoms with Crippen LogP contribution in [0.1, 0.15) is 12.8 Å². The van der Waals surface area contributed by atoms with Crippen LogP contribution in [0.2, 0.25) is 0 Å². The third-order valence-corrected chi connectivity index (χ3v) is 3.81. The van der Waals surface area contributed by atoms with Gasteiger partial charge in [0.2, 0.25) is 11.8 Å². The Morgan fingerprint density at radius 3 is 2.63 bits per heavy atom. The average molecular weight is 275 g/mol. The molecule has 0 aromatic rings. The minimum atomic E-state index is -2.92. The number of likely N-dealkylation sites (N-methyl/N-ethyl adjacent to an activating group) is 1. The van der Waals surface area contributed by atoms with Crippen LogP contribution in [-0.4, -0.2) is 67.8 Å². The van der Waals surface area contributed by atoms with E-state index >= 15 is 0 Å². The summed E-state index contributed by atoms with van der Waals surface area (Å²) < 4.78 is 27.7. The zero-order valence-electron chi connectivity index (χ0n) is 11.2. The van der Waals surface area contributed by atoms with Crippen molar-refractivity contribution in [1.29, 1.82) is 0 Å². The quantitative estimate of drug-likeness (QED) is 0.767. The van der Waals surface area contributed by atoms with Crippen LogP contribution in [0, 0.1) is 5.41 Å². The van der Waals surface area contributed by atoms with E-state index in [-0.39, 0.29) is 24.9 Å². The minimum Gasteiger partial charge on any atom is -0.356 e. The maximum Gasteiger partial charge on any atom is 0.261 e. The second kappa shape index (κ2) is 4.70. The second-order valence-corrected chi connectivity index (χ2v) is 5.75. The van der Waals surface area contributed by atoms with Crippen LogP contribution in [-0.2, 0) is 9.59 Å². The zero-order chi connectivity index (χ0) is 14.3. The highest BCUT2D eigenvalue weighted by Gasteiger charge is 2.54. The summed E-state index contributed by atoms with van der Waals surface area (Å²) in [5, 5.41) is 2.62. The topological polar surface area (TPSA) is 52.7 Å². The van der Waals surface area contributed by atoms with Gasteiger partial charge in [0.05, 0.1) is 18.5 Å². The molecule has 2 amide bonds. The highest BCUT2D eigenvalue weighted by Crippen LogP contribution is 2.43. The number of nitrogens with zero attached hydrogens (tertiary/aromatic N) is 2. The van der Waals surface area contributed by atoms with Gasteiger partial charge in [-0.25, -0.2) is 8.78 Å². The Kier molecular flexibility index (Phi) is 3.51. The molecular weight excluding hydrogens is 256 g/mol. The van der Waals surface area contributed by atoms with Crippen molar-refractivity contribution in [3.63, 3.8) is 0 Å². The summed E-state index contributed by atoms with van der Waals surface area (Å²) in [6, 6.07) is 0. The molecule has 108 valence electrons. The average Bonchev–Trinajstić information content (AvgIpc) is 2.56. The van der Waals surface area contributed by atoms with Crippen molar-refractivity contribution >= 4 is 11.8 Å². The molecule has 0 radical (unpaired) electrons. The first-order chi connectivity index (χ1) is 8.74. The lowest BCUT2D eigenvalue weighted by Crippen LogP contribution is -2.56. The lowest BCUT2D eigenvalue weighted by atomic mass is 9.77. The summed E-state index contributed by atoms with van der Waals surface area (Å²) in [5.41, 5.74) is -1.03. The number of halogens is 2. The summed E-state index contributed by atoms with van der Waals surface area (Å²) in [6.45, 7) is 0.137. The Hall–Kier alpha value is -1.24. The van der Waals surface area contributed by atoms with Gasteiger partial charge in [0, 0.05) is 33.6 Å². The van der Waals surface area contributed by atoms with Crippen LogP contribution >= 0.6 is 0 Å². The summed E-state index contributed by atoms with van der Waals surface area (Å²) in [4.78, 5) is 26.3. The van der Waals surface area contributed by atoms with E-state index in [9.17, 15) is 18.4 Å². The second-order valence-electron chi connectivity index (χ2n) is 5.75. The Morgan fingerprint density at radius 1 is 1.42 bits per heavy atom. The van der Waals surface area contributed by atoms with E-state index in [0.29, 0.717) is 13.0 Å². The number of hydrogen-bond donors (Lipinski definition) is 1. The number of likely N-dealkylation sites (tertiary alicyclic amines) is 1. The largest absolute Gasteiger partial charge is 0.356 e. The van der Waals surface area contributed by atoms with Gasteiger partial charge in [-0.2, -0.15) is 0 Å². The molecular formula is C12H19F2N3O2. The first-order valence-corrected chi connectivity index (χ1v) is 6.33. The molecule has 2 heterocycles. The molecule has 0 unspecified atom stereocenters. The SMILES string of the molecule is CN(C)C(=O)CN1CC(F)(F)C[C@@]2(CCNC2=O)C1. The van der Waals surface area contributed by atoms with Crippen molar-refractivity contribution in [3.05, 3.63) is 0 Å². The Bertz CT molecular complexity index is 400. The molecule has 0 aromatic carbocycles. The van der Waals surface area contributed by atoms with Crippen LogP contribution < -0.4 is 5.32 Å². The number of carbonyl (C=O) groups excluding carboxylic acids is 2. The van der Waals surface area contributed by atoms with Crippen LogP contribution in [0.15, 0.2) is 0 Å². The van der Waals surface area contributed by atoms with E-state index in [1.54, 1.807) is 14.1 Å². The summed E-state index contributed by atoms with van der Waals surface area (Å²) >= 11 is 0. The Balaban J connectivity index is 2.13. The van der Waals surface area contributed by atoms with Crippen LogP contribution in [0.4, 0.5) is 8.78 Å². The Morgan fingerprint density at radius 2 is 2.11 bits per heavy atom. The number of alkyl halides is 2. The molecule has 1 N–H and O–H groups in total. The molecule has 2 rings (SSSR count). The number of piperidine rings is 1. The standard InChI is InChI=1S/C12H19F2N3O2/c1-16(2)9(18)5-17-7-11(3-4-15-10(11)19)6-12(13,14)8-17/h3-8H2,1-2H3,(H,15,19)/t11-/m0/s1. The third-order valence-electron chi connectivity index (χ3n) is 3.81. The van der Waals surface area contributed by atoms with Crippen molar-refractivity contribution < 1.29 is 18.4 Å². The van der Waals surface area contributed by atoms with E-state index < -0.39 is 24.3 Å². The van der Waals surface area contributed by atoms with E-state index in [1.807, 2.05) is 0 Å². The van der Waals surface area contributed by atoms with Gasteiger partial charge in [-0.05, 0) is 6.42 Å². The molecule has 2 aliphatic rings. The fourth-order valence-electron chi connectivity index (χ4n) is 2.90. The van der Waals surface area contributed by atoms with Gasteiger partial charge < -0.3 is 10.2 Å². The van der Waals surface area contributed by atoms with Crippen LogP contribution in [0.5, 0.6) is 0 Å². The minimum absolute atomic E-state index is 0.0718. The van der Waals surface area contributed by atoms with Gasteiger partial charge in [-0.1, -0.05) is 0 Å². The van der Waals surface area contributed by atoms with Crippen molar-refractivity contribution in [2.75, 3.05) is 40.3 Å². The van der Waals surface area contributed by atoms with Gasteiger partial charge in [0.25, 0.3) is 5.92 Å². The lowest BCUT2D eigenvalue weighted by molar-refractivity contribution is -0.152. The van der Waals surface area contributed by atoms with Crippen molar-refractivity contribution in [2.24, 2.45) is 5.41 Å². The summed E-state index contributed by atoms with van der Waals surface area (Å²) in [7, 11) is 3.17. The number of rotatable bonds is 2. The molecule has 1 spiro atoms. The van der Waals surface area contributed by atoms with Crippen molar-refractivity contribution in [1.82, 2.24) is 15.1 Å². The molecule has 7 heteroatoms. The van der Waals surface area contributed by atoms with Crippen LogP contribution in [0.25, 0.3) is 0 Å². The van der Waals surface area contributed by atoms with Gasteiger partial charge in [0.15, 0.2) is 0 Å². The number of hydrogen-bond acceptors (Lipinski definition) is 3. The molecule has 0 aliphatic carbocycles. The fraction of sp³-hybridized carbons (Fsp3) is 0.833. The summed E-state index contributed by atoms with van der Waals surface area (Å²) in [6.07, 6.45) is -0.00737. The molecule has 2 saturated heterocycles. The van der Waals surface area contributed by atoms with E-state index in [4.69, 9.17) is 0 Å². The van der Waals surface area contributed by atoms with Gasteiger partial charge >= 0.3 is 0 Å². The maximum absolute atomic E-state index is 13.8. The van der Waals surface area contributed by atoms with Crippen LogP contribution in [0.3, 0.4) is 0 Å². The van der Waals surface area contributed by atoms with Gasteiger partial charge in [0.1, 0.15) is 0 Å². The van der Waals surface area contributed by atoms with Crippen molar-refractivity contribution in [3.8, 4) is 0 Å². The van der Waals surface area contributed by atoms with Crippen molar-refractivity contribution in [2.45, 2.75) is 18.8 Å². The molecule has 0 aromatic heterocycles. The molecule has 5 nitrogen and oxygen atoms in total. The zero-order valence-corrected chi connectivity index (χ0v) is 11.2. The summed E-state index contributed by atoms with van der Waals surface area (Å²) in [5.74, 6) is -3.47. The molecule has 0 saturated carbocycles. The number of nitrogens with one attached hydrogen (secondary N) is 1. The third kappa shape index (κ3) is 2.86. The lowest BCUT2D eigenvalue weighted by Gasteiger charge is -2.42. The first kappa shape index (κ1) is 14.2. The molecule has 1 atom stereocenters. The van der Waals surface area contributed by atoms with Gasteiger partial charge in [-0.3, -0.25) is 14.5 Å². The van der Waals surface area contributed by atoms with E-state index in [2.05, 4.69) is 5.32 Å². The predicted molar refractivity (Wildman–Crippen MR) is 64.8 cm³/mol. The normalized spacial score (nSPS) is 30.4. The predicted octanol–water partition coefficient (Wildman–Crippen LogP) is -0.0781. The number of amides is 2. The Labute approximate surface area is 110 Å². The fourth-order valence-corrected chi connectivity index (χ4v) is 2.90. The smallest absolute Gasteiger partial charge is 0.261 e.